The van der Waals surface area contributed by atoms with Gasteiger partial charge in [0.25, 0.3) is 0 Å². The van der Waals surface area contributed by atoms with Crippen LogP contribution < -0.4 is 0 Å². The zero-order valence-corrected chi connectivity index (χ0v) is 15.3. The van der Waals surface area contributed by atoms with Gasteiger partial charge in [-0.2, -0.15) is 0 Å². The van der Waals surface area contributed by atoms with Crippen LogP contribution >= 0.6 is 11.3 Å². The molecule has 3 rings (SSSR count). The lowest BCUT2D eigenvalue weighted by Gasteiger charge is -2.36. The van der Waals surface area contributed by atoms with Gasteiger partial charge in [-0.1, -0.05) is 26.7 Å². The summed E-state index contributed by atoms with van der Waals surface area (Å²) < 4.78 is 0. The van der Waals surface area contributed by atoms with Gasteiger partial charge >= 0.3 is 0 Å². The Morgan fingerprint density at radius 1 is 1.14 bits per heavy atom. The van der Waals surface area contributed by atoms with E-state index in [9.17, 15) is 0 Å². The van der Waals surface area contributed by atoms with E-state index in [0.717, 1.165) is 12.0 Å². The minimum absolute atomic E-state index is 0.504. The topological polar surface area (TPSA) is 3.24 Å². The first-order chi connectivity index (χ1) is 9.89. The average Bonchev–Trinajstić information content (AvgIpc) is 2.75. The van der Waals surface area contributed by atoms with Crippen LogP contribution in [0.25, 0.3) is 0 Å². The Bertz CT molecular complexity index is 512. The lowest BCUT2D eigenvalue weighted by Crippen LogP contribution is -2.36. The van der Waals surface area contributed by atoms with Crippen LogP contribution in [0.15, 0.2) is 0 Å². The number of likely N-dealkylation sites (N-methyl/N-ethyl adjacent to an activating group) is 1. The minimum atomic E-state index is 0.504. The molecule has 2 aliphatic rings. The van der Waals surface area contributed by atoms with Gasteiger partial charge in [0.15, 0.2) is 0 Å². The fraction of sp³-hybridized carbons (Fsp3) is 0.789. The molecule has 0 spiro atoms. The van der Waals surface area contributed by atoms with Crippen molar-refractivity contribution in [3.05, 3.63) is 20.9 Å². The van der Waals surface area contributed by atoms with Gasteiger partial charge in [0.05, 0.1) is 0 Å². The lowest BCUT2D eigenvalue weighted by atomic mass is 9.75. The van der Waals surface area contributed by atoms with E-state index in [4.69, 9.17) is 0 Å². The molecule has 0 aromatic carbocycles. The number of hydrogen-bond donors (Lipinski definition) is 0. The second kappa shape index (κ2) is 5.70. The van der Waals surface area contributed by atoms with Gasteiger partial charge in [0.2, 0.25) is 0 Å². The highest BCUT2D eigenvalue weighted by Gasteiger charge is 2.34. The molecule has 0 radical (unpaired) electrons. The van der Waals surface area contributed by atoms with Gasteiger partial charge in [-0.05, 0) is 69.7 Å². The molecule has 118 valence electrons. The molecule has 1 aromatic heterocycles. The van der Waals surface area contributed by atoms with Crippen LogP contribution in [0.2, 0.25) is 0 Å². The van der Waals surface area contributed by atoms with Crippen LogP contribution in [0, 0.1) is 12.3 Å². The maximum absolute atomic E-state index is 2.48. The molecule has 1 heterocycles. The number of hydrogen-bond acceptors (Lipinski definition) is 2. The summed E-state index contributed by atoms with van der Waals surface area (Å²) >= 11 is 2.16. The molecule has 1 fully saturated rings. The van der Waals surface area contributed by atoms with Crippen molar-refractivity contribution in [2.45, 2.75) is 77.7 Å². The fourth-order valence-corrected chi connectivity index (χ4v) is 5.99. The summed E-state index contributed by atoms with van der Waals surface area (Å²) in [6.45, 7) is 7.29. The molecule has 0 aliphatic heterocycles. The third kappa shape index (κ3) is 2.94. The SMILES string of the molecule is Cc1c([C@@H]2CCCC[C@@H]2N(C)C)sc2c1CC(C)(C)CC2. The van der Waals surface area contributed by atoms with Crippen molar-refractivity contribution >= 4 is 11.3 Å². The van der Waals surface area contributed by atoms with Gasteiger partial charge in [-0.15, -0.1) is 11.3 Å². The van der Waals surface area contributed by atoms with Crippen LogP contribution in [-0.2, 0) is 12.8 Å². The highest BCUT2D eigenvalue weighted by Crippen LogP contribution is 2.46. The summed E-state index contributed by atoms with van der Waals surface area (Å²) in [5.74, 6) is 0.785. The normalized spacial score (nSPS) is 28.7. The molecule has 2 atom stereocenters. The first kappa shape index (κ1) is 15.6. The highest BCUT2D eigenvalue weighted by atomic mass is 32.1. The number of fused-ring (bicyclic) bond motifs is 1. The van der Waals surface area contributed by atoms with Crippen molar-refractivity contribution in [2.75, 3.05) is 14.1 Å². The van der Waals surface area contributed by atoms with Crippen molar-refractivity contribution in [3.63, 3.8) is 0 Å². The summed E-state index contributed by atoms with van der Waals surface area (Å²) in [4.78, 5) is 5.92. The molecule has 1 saturated carbocycles. The zero-order valence-electron chi connectivity index (χ0n) is 14.5. The predicted octanol–water partition coefficient (Wildman–Crippen LogP) is 5.16. The molecule has 0 amide bonds. The van der Waals surface area contributed by atoms with E-state index in [1.165, 1.54) is 44.9 Å². The number of thiophene rings is 1. The Morgan fingerprint density at radius 3 is 2.57 bits per heavy atom. The van der Waals surface area contributed by atoms with Gasteiger partial charge in [-0.3, -0.25) is 0 Å². The molecular weight excluding hydrogens is 274 g/mol. The van der Waals surface area contributed by atoms with Crippen LogP contribution in [0.5, 0.6) is 0 Å². The quantitative estimate of drug-likeness (QED) is 0.729. The first-order valence-corrected chi connectivity index (χ1v) is 9.48. The van der Waals surface area contributed by atoms with E-state index < -0.39 is 0 Å². The minimum Gasteiger partial charge on any atom is -0.306 e. The third-order valence-electron chi connectivity index (χ3n) is 5.81. The molecule has 0 saturated heterocycles. The number of nitrogens with zero attached hydrogens (tertiary/aromatic N) is 1. The largest absolute Gasteiger partial charge is 0.306 e. The standard InChI is InChI=1S/C19H31NS/c1-13-15-12-19(2,3)11-10-17(15)21-18(13)14-8-6-7-9-16(14)20(4)5/h14,16H,6-12H2,1-5H3/t14-,16+/m1/s1. The highest BCUT2D eigenvalue weighted by molar-refractivity contribution is 7.12. The average molecular weight is 306 g/mol. The second-order valence-electron chi connectivity index (χ2n) is 8.26. The van der Waals surface area contributed by atoms with Gasteiger partial charge in [0, 0.05) is 21.7 Å². The predicted molar refractivity (Wildman–Crippen MR) is 93.5 cm³/mol. The molecule has 21 heavy (non-hydrogen) atoms. The Kier molecular flexibility index (Phi) is 4.22. The number of aryl methyl sites for hydroxylation is 1. The van der Waals surface area contributed by atoms with E-state index in [1.807, 2.05) is 0 Å². The Balaban J connectivity index is 1.94. The summed E-state index contributed by atoms with van der Waals surface area (Å²) in [5, 5.41) is 0. The van der Waals surface area contributed by atoms with Crippen LogP contribution in [0.3, 0.4) is 0 Å². The summed E-state index contributed by atoms with van der Waals surface area (Å²) in [5.41, 5.74) is 3.87. The molecular formula is C19H31NS. The molecule has 1 nitrogen and oxygen atoms in total. The van der Waals surface area contributed by atoms with Gasteiger partial charge in [0.1, 0.15) is 0 Å². The van der Waals surface area contributed by atoms with Gasteiger partial charge < -0.3 is 4.90 Å². The molecule has 2 heteroatoms. The molecule has 0 N–H and O–H groups in total. The smallest absolute Gasteiger partial charge is 0.0166 e. The van der Waals surface area contributed by atoms with E-state index in [1.54, 1.807) is 20.9 Å². The number of rotatable bonds is 2. The maximum atomic E-state index is 2.48. The molecule has 0 unspecified atom stereocenters. The van der Waals surface area contributed by atoms with Gasteiger partial charge in [-0.25, -0.2) is 0 Å². The van der Waals surface area contributed by atoms with Crippen molar-refractivity contribution in [1.29, 1.82) is 0 Å². The summed E-state index contributed by atoms with van der Waals surface area (Å²) in [6.07, 6.45) is 9.58. The van der Waals surface area contributed by atoms with E-state index in [0.29, 0.717) is 5.41 Å². The van der Waals surface area contributed by atoms with Crippen molar-refractivity contribution < 1.29 is 0 Å². The second-order valence-corrected chi connectivity index (χ2v) is 9.39. The molecule has 1 aromatic rings. The summed E-state index contributed by atoms with van der Waals surface area (Å²) in [6, 6.07) is 0.755. The zero-order chi connectivity index (χ0) is 15.2. The maximum Gasteiger partial charge on any atom is 0.0166 e. The fourth-order valence-electron chi connectivity index (χ4n) is 4.47. The van der Waals surface area contributed by atoms with E-state index in [2.05, 4.69) is 51.1 Å². The van der Waals surface area contributed by atoms with Crippen molar-refractivity contribution in [2.24, 2.45) is 5.41 Å². The third-order valence-corrected chi connectivity index (χ3v) is 7.33. The van der Waals surface area contributed by atoms with E-state index in [-0.39, 0.29) is 0 Å². The first-order valence-electron chi connectivity index (χ1n) is 8.66. The monoisotopic (exact) mass is 305 g/mol. The van der Waals surface area contributed by atoms with Crippen molar-refractivity contribution in [3.8, 4) is 0 Å². The summed E-state index contributed by atoms with van der Waals surface area (Å²) in [7, 11) is 4.55. The molecule has 2 aliphatic carbocycles. The molecule has 0 bridgehead atoms. The van der Waals surface area contributed by atoms with Crippen LogP contribution in [-0.4, -0.2) is 25.0 Å². The lowest BCUT2D eigenvalue weighted by molar-refractivity contribution is 0.201. The Labute approximate surface area is 134 Å². The van der Waals surface area contributed by atoms with Crippen molar-refractivity contribution in [1.82, 2.24) is 4.90 Å². The van der Waals surface area contributed by atoms with Crippen LogP contribution in [0.1, 0.15) is 72.8 Å². The van der Waals surface area contributed by atoms with Crippen LogP contribution in [0.4, 0.5) is 0 Å². The Hall–Kier alpha value is -0.340. The Morgan fingerprint density at radius 2 is 1.86 bits per heavy atom. The van der Waals surface area contributed by atoms with E-state index >= 15 is 0 Å².